The standard InChI is InChI=1S/C32H49N3O3S.C2HF3O2/c1-8-18-34(23-26-16-19-35(20-17-26)39(37,38)24(2)3)25(4)21-27-10-9-11-30(22-27)33-31(36)28-12-14-29(15-13-28)32(5,6)7;3-2(4,5)1(6)7/h9-15,22,24-26H,8,16-21,23H2,1-7H3,(H,33,36);(H,6,7). The summed E-state index contributed by atoms with van der Waals surface area (Å²) in [6.45, 7) is 17.8. The van der Waals surface area contributed by atoms with Crippen molar-refractivity contribution >= 4 is 27.6 Å². The second-order valence-corrected chi connectivity index (χ2v) is 15.8. The molecule has 3 rings (SSSR count). The number of piperidine rings is 1. The third kappa shape index (κ3) is 12.0. The van der Waals surface area contributed by atoms with Crippen LogP contribution in [-0.2, 0) is 26.7 Å². The Morgan fingerprint density at radius 1 is 1.02 bits per heavy atom. The zero-order chi connectivity index (χ0) is 34.9. The van der Waals surface area contributed by atoms with Crippen molar-refractivity contribution in [1.82, 2.24) is 9.21 Å². The lowest BCUT2D eigenvalue weighted by molar-refractivity contribution is -0.192. The van der Waals surface area contributed by atoms with Crippen LogP contribution in [0.15, 0.2) is 48.5 Å². The van der Waals surface area contributed by atoms with Crippen molar-refractivity contribution in [2.24, 2.45) is 5.92 Å². The molecule has 1 unspecified atom stereocenters. The van der Waals surface area contributed by atoms with Gasteiger partial charge in [0.15, 0.2) is 0 Å². The third-order valence-corrected chi connectivity index (χ3v) is 10.4. The molecule has 1 heterocycles. The van der Waals surface area contributed by atoms with Crippen molar-refractivity contribution in [3.8, 4) is 0 Å². The van der Waals surface area contributed by atoms with Crippen molar-refractivity contribution < 1.29 is 36.3 Å². The Morgan fingerprint density at radius 2 is 1.59 bits per heavy atom. The molecule has 1 fully saturated rings. The maximum atomic E-state index is 12.9. The number of amides is 1. The number of nitrogens with one attached hydrogen (secondary N) is 1. The van der Waals surface area contributed by atoms with Crippen LogP contribution in [0.1, 0.15) is 89.2 Å². The second kappa shape index (κ2) is 16.7. The number of rotatable bonds is 11. The van der Waals surface area contributed by atoms with Crippen LogP contribution in [0.25, 0.3) is 0 Å². The summed E-state index contributed by atoms with van der Waals surface area (Å²) in [5, 5.41) is 9.83. The number of hydrogen-bond acceptors (Lipinski definition) is 5. The molecule has 2 aromatic rings. The first kappa shape index (κ1) is 39.2. The van der Waals surface area contributed by atoms with Crippen molar-refractivity contribution in [3.63, 3.8) is 0 Å². The Labute approximate surface area is 272 Å². The molecule has 1 saturated heterocycles. The first-order valence-electron chi connectivity index (χ1n) is 15.8. The van der Waals surface area contributed by atoms with Crippen LogP contribution in [0.3, 0.4) is 0 Å². The lowest BCUT2D eigenvalue weighted by atomic mass is 9.87. The number of hydrogen-bond donors (Lipinski definition) is 2. The number of nitrogens with zero attached hydrogens (tertiary/aromatic N) is 2. The Balaban J connectivity index is 0.000000942. The van der Waals surface area contributed by atoms with Crippen LogP contribution < -0.4 is 5.32 Å². The van der Waals surface area contributed by atoms with Gasteiger partial charge in [0, 0.05) is 36.9 Å². The highest BCUT2D eigenvalue weighted by molar-refractivity contribution is 7.89. The number of alkyl halides is 3. The minimum atomic E-state index is -5.08. The predicted molar refractivity (Wildman–Crippen MR) is 177 cm³/mol. The number of sulfonamides is 1. The smallest absolute Gasteiger partial charge is 0.475 e. The summed E-state index contributed by atoms with van der Waals surface area (Å²) >= 11 is 0. The van der Waals surface area contributed by atoms with Gasteiger partial charge in [0.25, 0.3) is 5.91 Å². The maximum Gasteiger partial charge on any atom is 0.490 e. The lowest BCUT2D eigenvalue weighted by Gasteiger charge is -2.37. The van der Waals surface area contributed by atoms with E-state index >= 15 is 0 Å². The molecule has 0 aromatic heterocycles. The van der Waals surface area contributed by atoms with Gasteiger partial charge < -0.3 is 15.3 Å². The van der Waals surface area contributed by atoms with Crippen molar-refractivity contribution in [3.05, 3.63) is 65.2 Å². The van der Waals surface area contributed by atoms with E-state index in [1.54, 1.807) is 18.2 Å². The van der Waals surface area contributed by atoms with Gasteiger partial charge in [-0.05, 0) is 99.7 Å². The van der Waals surface area contributed by atoms with E-state index in [0.29, 0.717) is 30.6 Å². The zero-order valence-corrected chi connectivity index (χ0v) is 28.8. The van der Waals surface area contributed by atoms with Gasteiger partial charge in [0.05, 0.1) is 5.25 Å². The van der Waals surface area contributed by atoms with E-state index in [1.807, 2.05) is 36.4 Å². The van der Waals surface area contributed by atoms with Gasteiger partial charge in [0.1, 0.15) is 0 Å². The summed E-state index contributed by atoms with van der Waals surface area (Å²) in [6, 6.07) is 16.4. The van der Waals surface area contributed by atoms with Crippen molar-refractivity contribution in [2.45, 2.75) is 97.0 Å². The third-order valence-electron chi connectivity index (χ3n) is 8.13. The highest BCUT2D eigenvalue weighted by atomic mass is 32.2. The van der Waals surface area contributed by atoms with Gasteiger partial charge in [-0.25, -0.2) is 17.5 Å². The molecule has 1 aliphatic heterocycles. The quantitative estimate of drug-likeness (QED) is 0.268. The molecule has 2 aromatic carbocycles. The molecule has 0 bridgehead atoms. The van der Waals surface area contributed by atoms with E-state index in [4.69, 9.17) is 9.90 Å². The van der Waals surface area contributed by atoms with Crippen LogP contribution in [0, 0.1) is 5.92 Å². The van der Waals surface area contributed by atoms with Gasteiger partial charge in [-0.1, -0.05) is 52.0 Å². The van der Waals surface area contributed by atoms with Crippen LogP contribution in [0.2, 0.25) is 0 Å². The summed E-state index contributed by atoms with van der Waals surface area (Å²) in [7, 11) is -3.17. The van der Waals surface area contributed by atoms with Crippen LogP contribution in [0.5, 0.6) is 0 Å². The Morgan fingerprint density at radius 3 is 2.07 bits per heavy atom. The number of carbonyl (C=O) groups is 2. The number of aliphatic carboxylic acids is 1. The Bertz CT molecular complexity index is 1380. The van der Waals surface area contributed by atoms with Gasteiger partial charge in [-0.3, -0.25) is 4.79 Å². The fourth-order valence-electron chi connectivity index (χ4n) is 5.33. The molecule has 2 N–H and O–H groups in total. The zero-order valence-electron chi connectivity index (χ0n) is 28.0. The lowest BCUT2D eigenvalue weighted by Crippen LogP contribution is -2.45. The van der Waals surface area contributed by atoms with E-state index in [2.05, 4.69) is 57.0 Å². The topological polar surface area (TPSA) is 107 Å². The second-order valence-electron chi connectivity index (χ2n) is 13.3. The number of halogens is 3. The van der Waals surface area contributed by atoms with Gasteiger partial charge >= 0.3 is 12.1 Å². The normalized spacial score (nSPS) is 15.7. The van der Waals surface area contributed by atoms with E-state index in [0.717, 1.165) is 44.5 Å². The van der Waals surface area contributed by atoms with Gasteiger partial charge in [-0.15, -0.1) is 0 Å². The molecule has 8 nitrogen and oxygen atoms in total. The number of carboxylic acid groups (broad SMARTS) is 1. The summed E-state index contributed by atoms with van der Waals surface area (Å²) in [5.41, 5.74) is 3.92. The molecule has 0 spiro atoms. The first-order chi connectivity index (χ1) is 21.2. The SMILES string of the molecule is CCCN(CC1CCN(S(=O)(=O)C(C)C)CC1)C(C)Cc1cccc(NC(=O)c2ccc(C(C)(C)C)cc2)c1.O=C(O)C(F)(F)F. The largest absolute Gasteiger partial charge is 0.490 e. The molecule has 12 heteroatoms. The summed E-state index contributed by atoms with van der Waals surface area (Å²) < 4.78 is 58.5. The predicted octanol–water partition coefficient (Wildman–Crippen LogP) is 6.96. The molecule has 1 aliphatic rings. The molecule has 1 amide bonds. The number of carbonyl (C=O) groups excluding carboxylic acids is 1. The molecular formula is C34H50F3N3O5S. The first-order valence-corrected chi connectivity index (χ1v) is 17.3. The van der Waals surface area contributed by atoms with Crippen molar-refractivity contribution in [2.75, 3.05) is 31.5 Å². The Kier molecular flexibility index (Phi) is 14.3. The molecule has 0 aliphatic carbocycles. The molecule has 46 heavy (non-hydrogen) atoms. The van der Waals surface area contributed by atoms with Gasteiger partial charge in [0.2, 0.25) is 10.0 Å². The minimum Gasteiger partial charge on any atom is -0.475 e. The van der Waals surface area contributed by atoms with Crippen LogP contribution in [0.4, 0.5) is 18.9 Å². The average molecular weight is 670 g/mol. The van der Waals surface area contributed by atoms with Gasteiger partial charge in [-0.2, -0.15) is 13.2 Å². The molecule has 0 radical (unpaired) electrons. The average Bonchev–Trinajstić information content (AvgIpc) is 2.96. The van der Waals surface area contributed by atoms with E-state index in [-0.39, 0.29) is 16.6 Å². The number of benzene rings is 2. The van der Waals surface area contributed by atoms with Crippen molar-refractivity contribution in [1.29, 1.82) is 0 Å². The molecule has 258 valence electrons. The fraction of sp³-hybridized carbons (Fsp3) is 0.588. The molecular weight excluding hydrogens is 619 g/mol. The summed E-state index contributed by atoms with van der Waals surface area (Å²) in [4.78, 5) is 24.3. The summed E-state index contributed by atoms with van der Waals surface area (Å²) in [6.07, 6.45) is -1.28. The monoisotopic (exact) mass is 669 g/mol. The number of carboxylic acids is 1. The minimum absolute atomic E-state index is 0.0530. The van der Waals surface area contributed by atoms with E-state index in [9.17, 15) is 26.4 Å². The highest BCUT2D eigenvalue weighted by Crippen LogP contribution is 2.25. The maximum absolute atomic E-state index is 12.9. The van der Waals surface area contributed by atoms with E-state index < -0.39 is 22.2 Å². The van der Waals surface area contributed by atoms with E-state index in [1.165, 1.54) is 11.1 Å². The Hall–Kier alpha value is -2.96. The highest BCUT2D eigenvalue weighted by Gasteiger charge is 2.38. The summed E-state index contributed by atoms with van der Waals surface area (Å²) in [5.74, 6) is -2.35. The van der Waals surface area contributed by atoms with Crippen LogP contribution in [-0.4, -0.2) is 78.3 Å². The van der Waals surface area contributed by atoms with Crippen LogP contribution >= 0.6 is 0 Å². The molecule has 0 saturated carbocycles. The molecule has 1 atom stereocenters. The number of anilines is 1. The fourth-order valence-corrected chi connectivity index (χ4v) is 6.64.